The molecule has 0 unspecified atom stereocenters. The average molecular weight is 372 g/mol. The van der Waals surface area contributed by atoms with Crippen LogP contribution in [0.5, 0.6) is 0 Å². The number of hydrogen-bond donors (Lipinski definition) is 1. The molecule has 3 fully saturated rings. The van der Waals surface area contributed by atoms with E-state index in [1.807, 2.05) is 11.8 Å². The van der Waals surface area contributed by atoms with Gasteiger partial charge in [-0.25, -0.2) is 0 Å². The maximum Gasteiger partial charge on any atom is 0.180 e. The first kappa shape index (κ1) is 18.6. The summed E-state index contributed by atoms with van der Waals surface area (Å²) in [6.45, 7) is 17.5. The van der Waals surface area contributed by atoms with Gasteiger partial charge in [-0.2, -0.15) is 0 Å². The molecule has 3 saturated heterocycles. The minimum atomic E-state index is 0.193. The summed E-state index contributed by atoms with van der Waals surface area (Å²) in [5, 5.41) is 9.67. The Morgan fingerprint density at radius 3 is 2.21 bits per heavy atom. The molecule has 4 heterocycles. The van der Waals surface area contributed by atoms with Crippen LogP contribution >= 0.6 is 24.0 Å². The van der Waals surface area contributed by atoms with Crippen molar-refractivity contribution < 1.29 is 14.1 Å². The second kappa shape index (κ2) is 6.88. The summed E-state index contributed by atoms with van der Waals surface area (Å²) in [6.07, 6.45) is 3.59. The van der Waals surface area contributed by atoms with Gasteiger partial charge < -0.3 is 14.5 Å². The highest BCUT2D eigenvalue weighted by Gasteiger charge is 2.48. The normalized spacial score (nSPS) is 33.5. The number of nitrogens with zero attached hydrogens (tertiary/aromatic N) is 3. The first-order valence-electron chi connectivity index (χ1n) is 9.22. The smallest absolute Gasteiger partial charge is 0.180 e. The van der Waals surface area contributed by atoms with E-state index in [-0.39, 0.29) is 4.75 Å². The fourth-order valence-electron chi connectivity index (χ4n) is 4.17. The largest absolute Gasteiger partial charge is 0.353 e. The van der Waals surface area contributed by atoms with E-state index in [0.717, 1.165) is 47.9 Å². The second-order valence-electron chi connectivity index (χ2n) is 8.86. The van der Waals surface area contributed by atoms with Crippen molar-refractivity contribution >= 4 is 28.3 Å². The van der Waals surface area contributed by atoms with Crippen molar-refractivity contribution in [1.82, 2.24) is 4.90 Å². The van der Waals surface area contributed by atoms with Crippen molar-refractivity contribution in [2.75, 3.05) is 65.6 Å². The topological polar surface area (TPSA) is 23.5 Å². The van der Waals surface area contributed by atoms with Gasteiger partial charge in [0.2, 0.25) is 0 Å². The van der Waals surface area contributed by atoms with Crippen molar-refractivity contribution in [3.05, 3.63) is 11.6 Å². The molecule has 0 amide bonds. The summed E-state index contributed by atoms with van der Waals surface area (Å²) in [5.41, 5.74) is 1.63. The molecule has 136 valence electrons. The molecule has 0 atom stereocenters. The van der Waals surface area contributed by atoms with E-state index >= 15 is 0 Å². The molecule has 4 aliphatic rings. The molecule has 2 bridgehead atoms. The van der Waals surface area contributed by atoms with Crippen molar-refractivity contribution in [3.63, 3.8) is 0 Å². The molecule has 0 saturated carbocycles. The van der Waals surface area contributed by atoms with Crippen LogP contribution in [-0.2, 0) is 0 Å². The van der Waals surface area contributed by atoms with Crippen LogP contribution < -0.4 is 0 Å². The van der Waals surface area contributed by atoms with Crippen LogP contribution in [0.3, 0.4) is 0 Å². The van der Waals surface area contributed by atoms with Crippen molar-refractivity contribution in [2.45, 2.75) is 31.9 Å². The number of aliphatic hydroxyl groups is 1. The van der Waals surface area contributed by atoms with E-state index in [4.69, 9.17) is 12.2 Å². The predicted molar refractivity (Wildman–Crippen MR) is 106 cm³/mol. The van der Waals surface area contributed by atoms with Gasteiger partial charge in [-0.05, 0) is 12.0 Å². The molecular weight excluding hydrogens is 338 g/mol. The number of fused-ring (bicyclic) bond motifs is 3. The lowest BCUT2D eigenvalue weighted by Gasteiger charge is -2.55. The number of thioether (sulfide) groups is 1. The summed E-state index contributed by atoms with van der Waals surface area (Å²) in [4.78, 5) is 2.36. The zero-order chi connectivity index (χ0) is 17.4. The standard InChI is InChI=1S/C18H33N3OS2/c1-18(2,3)24-17(23)19-6-4-16(5-7-19)14-20-8-11-21(15-22,12-9-20)13-10-20/h4,22H,5-15H2,1-3H3/q+2. The van der Waals surface area contributed by atoms with E-state index in [2.05, 4.69) is 31.7 Å². The van der Waals surface area contributed by atoms with Crippen molar-refractivity contribution in [2.24, 2.45) is 0 Å². The lowest BCUT2D eigenvalue weighted by atomic mass is 10.0. The zero-order valence-corrected chi connectivity index (χ0v) is 17.1. The van der Waals surface area contributed by atoms with Crippen LogP contribution in [0.25, 0.3) is 0 Å². The van der Waals surface area contributed by atoms with Crippen LogP contribution in [0, 0.1) is 0 Å². The Hall–Kier alpha value is -0.140. The number of aliphatic hydroxyl groups excluding tert-OH is 1. The van der Waals surface area contributed by atoms with Gasteiger partial charge in [0.15, 0.2) is 6.73 Å². The number of thiocarbonyl (C=S) groups is 1. The van der Waals surface area contributed by atoms with Gasteiger partial charge in [-0.15, -0.1) is 0 Å². The molecule has 4 rings (SSSR count). The van der Waals surface area contributed by atoms with Crippen LogP contribution in [0.2, 0.25) is 0 Å². The molecular formula is C18H33N3OS2+2. The van der Waals surface area contributed by atoms with E-state index in [0.29, 0.717) is 6.73 Å². The molecule has 4 nitrogen and oxygen atoms in total. The average Bonchev–Trinajstić information content (AvgIpc) is 2.55. The van der Waals surface area contributed by atoms with E-state index in [1.165, 1.54) is 30.7 Å². The molecule has 0 aromatic rings. The number of quaternary nitrogens is 2. The Morgan fingerprint density at radius 2 is 1.75 bits per heavy atom. The minimum Gasteiger partial charge on any atom is -0.353 e. The van der Waals surface area contributed by atoms with Crippen molar-refractivity contribution in [1.29, 1.82) is 0 Å². The van der Waals surface area contributed by atoms with Gasteiger partial charge in [0, 0.05) is 17.8 Å². The van der Waals surface area contributed by atoms with Gasteiger partial charge in [-0.1, -0.05) is 50.8 Å². The predicted octanol–water partition coefficient (Wildman–Crippen LogP) is 2.05. The molecule has 0 aromatic heterocycles. The summed E-state index contributed by atoms with van der Waals surface area (Å²) in [7, 11) is 0. The molecule has 0 radical (unpaired) electrons. The Balaban J connectivity index is 1.54. The summed E-state index contributed by atoms with van der Waals surface area (Å²) in [5.74, 6) is 0. The lowest BCUT2D eigenvalue weighted by Crippen LogP contribution is -2.75. The molecule has 1 N–H and O–H groups in total. The van der Waals surface area contributed by atoms with E-state index in [1.54, 1.807) is 5.57 Å². The number of piperazine rings is 3. The summed E-state index contributed by atoms with van der Waals surface area (Å²) >= 11 is 7.44. The maximum atomic E-state index is 9.67. The van der Waals surface area contributed by atoms with Crippen LogP contribution in [-0.4, -0.2) is 93.7 Å². The van der Waals surface area contributed by atoms with Crippen molar-refractivity contribution in [3.8, 4) is 0 Å². The second-order valence-corrected chi connectivity index (χ2v) is 11.3. The number of rotatable bonds is 3. The van der Waals surface area contributed by atoms with Crippen LogP contribution in [0.1, 0.15) is 27.2 Å². The molecule has 24 heavy (non-hydrogen) atoms. The number of hydrogen-bond acceptors (Lipinski definition) is 3. The highest BCUT2D eigenvalue weighted by Crippen LogP contribution is 2.30. The third-order valence-corrected chi connectivity index (χ3v) is 7.49. The first-order chi connectivity index (χ1) is 11.2. The van der Waals surface area contributed by atoms with Gasteiger partial charge in [-0.3, -0.25) is 4.48 Å². The van der Waals surface area contributed by atoms with Crippen LogP contribution in [0.15, 0.2) is 11.6 Å². The Morgan fingerprint density at radius 1 is 1.17 bits per heavy atom. The fourth-order valence-corrected chi connectivity index (χ4v) is 5.91. The summed E-state index contributed by atoms with van der Waals surface area (Å²) in [6, 6.07) is 0. The van der Waals surface area contributed by atoms with Gasteiger partial charge in [0.1, 0.15) is 50.1 Å². The van der Waals surface area contributed by atoms with Gasteiger partial charge in [0.05, 0.1) is 0 Å². The Bertz CT molecular complexity index is 502. The fraction of sp³-hybridized carbons (Fsp3) is 0.833. The molecule has 0 aliphatic carbocycles. The minimum absolute atomic E-state index is 0.193. The van der Waals surface area contributed by atoms with E-state index in [9.17, 15) is 5.11 Å². The molecule has 4 aliphatic heterocycles. The Kier molecular flexibility index (Phi) is 5.34. The monoisotopic (exact) mass is 371 g/mol. The maximum absolute atomic E-state index is 9.67. The molecule has 0 spiro atoms. The molecule has 0 aromatic carbocycles. The van der Waals surface area contributed by atoms with Crippen LogP contribution in [0.4, 0.5) is 0 Å². The highest BCUT2D eigenvalue weighted by molar-refractivity contribution is 8.23. The van der Waals surface area contributed by atoms with E-state index < -0.39 is 0 Å². The highest BCUT2D eigenvalue weighted by atomic mass is 32.2. The third kappa shape index (κ3) is 4.15. The SMILES string of the molecule is CC(C)(C)SC(=S)N1CC=C(C[N+]23CC[N+](CO)(CC2)CC3)CC1. The van der Waals surface area contributed by atoms with Gasteiger partial charge in [0.25, 0.3) is 0 Å². The summed E-state index contributed by atoms with van der Waals surface area (Å²) < 4.78 is 3.45. The quantitative estimate of drug-likeness (QED) is 0.466. The zero-order valence-electron chi connectivity index (χ0n) is 15.5. The Labute approximate surface area is 156 Å². The molecule has 6 heteroatoms. The first-order valence-corrected chi connectivity index (χ1v) is 10.4. The van der Waals surface area contributed by atoms with Gasteiger partial charge >= 0.3 is 0 Å². The third-order valence-electron chi connectivity index (χ3n) is 5.94. The lowest BCUT2D eigenvalue weighted by molar-refractivity contribution is -1.09.